The predicted octanol–water partition coefficient (Wildman–Crippen LogP) is 2.04. The molecular formula is C12H14O4. The maximum absolute atomic E-state index is 11.6. The maximum atomic E-state index is 11.6. The molecule has 4 heteroatoms. The first-order chi connectivity index (χ1) is 7.54. The molecule has 1 aromatic carbocycles. The monoisotopic (exact) mass is 222 g/mol. The molecule has 86 valence electrons. The summed E-state index contributed by atoms with van der Waals surface area (Å²) in [7, 11) is 0. The van der Waals surface area contributed by atoms with E-state index >= 15 is 0 Å². The molecular weight excluding hydrogens is 208 g/mol. The van der Waals surface area contributed by atoms with Crippen LogP contribution in [0, 0.1) is 0 Å². The Labute approximate surface area is 93.5 Å². The van der Waals surface area contributed by atoms with Gasteiger partial charge in [0.25, 0.3) is 0 Å². The van der Waals surface area contributed by atoms with E-state index in [0.717, 1.165) is 0 Å². The fourth-order valence-corrected chi connectivity index (χ4v) is 1.27. The fourth-order valence-electron chi connectivity index (χ4n) is 1.27. The largest absolute Gasteiger partial charge is 0.504 e. The molecule has 1 rings (SSSR count). The van der Waals surface area contributed by atoms with Crippen LogP contribution in [-0.2, 0) is 4.79 Å². The number of ketones is 2. The summed E-state index contributed by atoms with van der Waals surface area (Å²) >= 11 is 0. The summed E-state index contributed by atoms with van der Waals surface area (Å²) in [5, 5.41) is 18.3. The first kappa shape index (κ1) is 12.2. The maximum Gasteiger partial charge on any atom is 0.163 e. The van der Waals surface area contributed by atoms with Crippen LogP contribution in [-0.4, -0.2) is 21.8 Å². The van der Waals surface area contributed by atoms with Crippen LogP contribution in [0.1, 0.15) is 36.5 Å². The average Bonchev–Trinajstić information content (AvgIpc) is 2.29. The van der Waals surface area contributed by atoms with Gasteiger partial charge in [-0.3, -0.25) is 9.59 Å². The zero-order valence-electron chi connectivity index (χ0n) is 9.06. The number of phenols is 2. The van der Waals surface area contributed by atoms with Crippen molar-refractivity contribution in [1.82, 2.24) is 0 Å². The van der Waals surface area contributed by atoms with Gasteiger partial charge in [-0.25, -0.2) is 0 Å². The number of Topliss-reactive ketones (excluding diaryl/α,β-unsaturated/α-hetero) is 2. The van der Waals surface area contributed by atoms with Gasteiger partial charge in [0.05, 0.1) is 0 Å². The molecule has 16 heavy (non-hydrogen) atoms. The standard InChI is InChI=1S/C12H14O4/c1-2-9(13)4-6-10(14)8-3-5-11(15)12(16)7-8/h3,5,7,15-16H,2,4,6H2,1H3. The van der Waals surface area contributed by atoms with E-state index in [-0.39, 0.29) is 35.9 Å². The molecule has 0 aliphatic heterocycles. The van der Waals surface area contributed by atoms with Gasteiger partial charge in [0.1, 0.15) is 5.78 Å². The molecule has 0 spiro atoms. The molecule has 0 fully saturated rings. The van der Waals surface area contributed by atoms with Gasteiger partial charge >= 0.3 is 0 Å². The number of aromatic hydroxyl groups is 2. The molecule has 0 amide bonds. The Balaban J connectivity index is 2.66. The average molecular weight is 222 g/mol. The van der Waals surface area contributed by atoms with Crippen LogP contribution in [0.2, 0.25) is 0 Å². The van der Waals surface area contributed by atoms with Gasteiger partial charge in [0, 0.05) is 24.8 Å². The number of hydrogen-bond acceptors (Lipinski definition) is 4. The van der Waals surface area contributed by atoms with Gasteiger partial charge in [-0.1, -0.05) is 6.92 Å². The molecule has 4 nitrogen and oxygen atoms in total. The van der Waals surface area contributed by atoms with Crippen molar-refractivity contribution in [2.24, 2.45) is 0 Å². The lowest BCUT2D eigenvalue weighted by Crippen LogP contribution is -2.03. The topological polar surface area (TPSA) is 74.6 Å². The van der Waals surface area contributed by atoms with E-state index < -0.39 is 0 Å². The minimum absolute atomic E-state index is 0.0383. The Morgan fingerprint density at radius 3 is 2.38 bits per heavy atom. The molecule has 0 unspecified atom stereocenters. The Bertz CT molecular complexity index is 409. The van der Waals surface area contributed by atoms with Crippen LogP contribution in [0.3, 0.4) is 0 Å². The van der Waals surface area contributed by atoms with E-state index in [9.17, 15) is 14.7 Å². The number of hydrogen-bond donors (Lipinski definition) is 2. The number of carbonyl (C=O) groups excluding carboxylic acids is 2. The molecule has 2 N–H and O–H groups in total. The molecule has 0 aliphatic rings. The third kappa shape index (κ3) is 3.08. The van der Waals surface area contributed by atoms with Gasteiger partial charge in [-0.05, 0) is 18.2 Å². The third-order valence-corrected chi connectivity index (χ3v) is 2.32. The minimum atomic E-state index is -0.326. The van der Waals surface area contributed by atoms with Crippen molar-refractivity contribution in [3.05, 3.63) is 23.8 Å². The van der Waals surface area contributed by atoms with Crippen LogP contribution < -0.4 is 0 Å². The molecule has 1 aromatic rings. The molecule has 0 saturated heterocycles. The van der Waals surface area contributed by atoms with Crippen LogP contribution in [0.5, 0.6) is 11.5 Å². The van der Waals surface area contributed by atoms with Crippen LogP contribution >= 0.6 is 0 Å². The Kier molecular flexibility index (Phi) is 4.05. The first-order valence-electron chi connectivity index (χ1n) is 5.11. The number of rotatable bonds is 5. The normalized spacial score (nSPS) is 10.1. The highest BCUT2D eigenvalue weighted by Gasteiger charge is 2.10. The van der Waals surface area contributed by atoms with E-state index in [4.69, 9.17) is 5.11 Å². The summed E-state index contributed by atoms with van der Waals surface area (Å²) in [5.41, 5.74) is 0.305. The number of phenolic OH excluding ortho intramolecular Hbond substituents is 2. The van der Waals surface area contributed by atoms with E-state index in [2.05, 4.69) is 0 Å². The zero-order chi connectivity index (χ0) is 12.1. The van der Waals surface area contributed by atoms with Gasteiger partial charge in [0.15, 0.2) is 17.3 Å². The van der Waals surface area contributed by atoms with E-state index in [1.807, 2.05) is 0 Å². The molecule has 0 aliphatic carbocycles. The Hall–Kier alpha value is -1.84. The molecule has 0 bridgehead atoms. The molecule has 0 atom stereocenters. The lowest BCUT2D eigenvalue weighted by molar-refractivity contribution is -0.118. The molecule has 0 saturated carbocycles. The van der Waals surface area contributed by atoms with Crippen molar-refractivity contribution in [2.75, 3.05) is 0 Å². The Morgan fingerprint density at radius 2 is 1.81 bits per heavy atom. The second kappa shape index (κ2) is 5.30. The second-order valence-corrected chi connectivity index (χ2v) is 3.52. The number of benzene rings is 1. The summed E-state index contributed by atoms with van der Waals surface area (Å²) < 4.78 is 0. The third-order valence-electron chi connectivity index (χ3n) is 2.32. The van der Waals surface area contributed by atoms with Crippen molar-refractivity contribution < 1.29 is 19.8 Å². The van der Waals surface area contributed by atoms with E-state index in [0.29, 0.717) is 12.0 Å². The van der Waals surface area contributed by atoms with E-state index in [1.54, 1.807) is 6.92 Å². The lowest BCUT2D eigenvalue weighted by Gasteiger charge is -2.02. The van der Waals surface area contributed by atoms with Crippen LogP contribution in [0.15, 0.2) is 18.2 Å². The first-order valence-corrected chi connectivity index (χ1v) is 5.11. The highest BCUT2D eigenvalue weighted by atomic mass is 16.3. The van der Waals surface area contributed by atoms with Crippen molar-refractivity contribution in [2.45, 2.75) is 26.2 Å². The van der Waals surface area contributed by atoms with Gasteiger partial charge < -0.3 is 10.2 Å². The van der Waals surface area contributed by atoms with Gasteiger partial charge in [-0.2, -0.15) is 0 Å². The predicted molar refractivity (Wildman–Crippen MR) is 58.6 cm³/mol. The summed E-state index contributed by atoms with van der Waals surface area (Å²) in [6, 6.07) is 3.88. The fraction of sp³-hybridized carbons (Fsp3) is 0.333. The number of carbonyl (C=O) groups is 2. The highest BCUT2D eigenvalue weighted by molar-refractivity contribution is 5.98. The van der Waals surface area contributed by atoms with Crippen LogP contribution in [0.4, 0.5) is 0 Å². The van der Waals surface area contributed by atoms with Crippen molar-refractivity contribution >= 4 is 11.6 Å². The van der Waals surface area contributed by atoms with Crippen molar-refractivity contribution in [1.29, 1.82) is 0 Å². The van der Waals surface area contributed by atoms with Crippen molar-refractivity contribution in [3.63, 3.8) is 0 Å². The molecule has 0 heterocycles. The second-order valence-electron chi connectivity index (χ2n) is 3.52. The highest BCUT2D eigenvalue weighted by Crippen LogP contribution is 2.25. The zero-order valence-corrected chi connectivity index (χ0v) is 9.06. The molecule has 0 aromatic heterocycles. The lowest BCUT2D eigenvalue weighted by atomic mass is 10.0. The van der Waals surface area contributed by atoms with Gasteiger partial charge in [-0.15, -0.1) is 0 Å². The van der Waals surface area contributed by atoms with Crippen LogP contribution in [0.25, 0.3) is 0 Å². The minimum Gasteiger partial charge on any atom is -0.504 e. The SMILES string of the molecule is CCC(=O)CCC(=O)c1ccc(O)c(O)c1. The molecule has 0 radical (unpaired) electrons. The summed E-state index contributed by atoms with van der Waals surface area (Å²) in [5.74, 6) is -0.762. The van der Waals surface area contributed by atoms with Gasteiger partial charge in [0.2, 0.25) is 0 Å². The van der Waals surface area contributed by atoms with E-state index in [1.165, 1.54) is 18.2 Å². The Morgan fingerprint density at radius 1 is 1.12 bits per heavy atom. The van der Waals surface area contributed by atoms with Crippen molar-refractivity contribution in [3.8, 4) is 11.5 Å². The summed E-state index contributed by atoms with van der Waals surface area (Å²) in [4.78, 5) is 22.6. The quantitative estimate of drug-likeness (QED) is 0.590. The summed E-state index contributed by atoms with van der Waals surface area (Å²) in [6.07, 6.45) is 0.780. The summed E-state index contributed by atoms with van der Waals surface area (Å²) in [6.45, 7) is 1.75. The smallest absolute Gasteiger partial charge is 0.163 e.